The molecule has 0 aromatic heterocycles. The number of aliphatic hydroxyl groups is 1. The second kappa shape index (κ2) is 9.09. The van der Waals surface area contributed by atoms with Crippen LogP contribution in [0.15, 0.2) is 18.2 Å². The molecule has 0 saturated heterocycles. The average Bonchev–Trinajstić information content (AvgIpc) is 2.96. The van der Waals surface area contributed by atoms with E-state index in [1.165, 1.54) is 49.7 Å². The highest BCUT2D eigenvalue weighted by atomic mass is 16.5. The molecular weight excluding hydrogens is 260 g/mol. The van der Waals surface area contributed by atoms with E-state index in [4.69, 9.17) is 4.74 Å². The molecular formula is C19H30O2. The summed E-state index contributed by atoms with van der Waals surface area (Å²) in [6.45, 7) is 3.06. The molecule has 2 nitrogen and oxygen atoms in total. The van der Waals surface area contributed by atoms with Crippen LogP contribution in [0.4, 0.5) is 0 Å². The van der Waals surface area contributed by atoms with E-state index in [9.17, 15) is 5.11 Å². The summed E-state index contributed by atoms with van der Waals surface area (Å²) in [7, 11) is 0. The molecule has 1 aliphatic rings. The van der Waals surface area contributed by atoms with Gasteiger partial charge in [-0.1, -0.05) is 57.6 Å². The Kier molecular flexibility index (Phi) is 7.08. The first-order chi connectivity index (χ1) is 10.3. The summed E-state index contributed by atoms with van der Waals surface area (Å²) >= 11 is 0. The SMILES string of the molecule is CCCCCCCCC(O)CCc1ccc2c(c1)CCO2. The zero-order valence-corrected chi connectivity index (χ0v) is 13.4. The Morgan fingerprint density at radius 1 is 1.10 bits per heavy atom. The highest BCUT2D eigenvalue weighted by molar-refractivity contribution is 5.39. The topological polar surface area (TPSA) is 29.5 Å². The summed E-state index contributed by atoms with van der Waals surface area (Å²) in [4.78, 5) is 0. The van der Waals surface area contributed by atoms with Gasteiger partial charge in [-0.15, -0.1) is 0 Å². The largest absolute Gasteiger partial charge is 0.493 e. The molecule has 0 bridgehead atoms. The predicted molar refractivity (Wildman–Crippen MR) is 88.0 cm³/mol. The minimum atomic E-state index is -0.138. The second-order valence-electron chi connectivity index (χ2n) is 6.29. The van der Waals surface area contributed by atoms with E-state index in [1.807, 2.05) is 0 Å². The van der Waals surface area contributed by atoms with Crippen molar-refractivity contribution in [3.8, 4) is 5.75 Å². The molecule has 0 amide bonds. The van der Waals surface area contributed by atoms with Gasteiger partial charge in [0.05, 0.1) is 12.7 Å². The Bertz CT molecular complexity index is 414. The number of fused-ring (bicyclic) bond motifs is 1. The van der Waals surface area contributed by atoms with Crippen molar-refractivity contribution in [2.24, 2.45) is 0 Å². The van der Waals surface area contributed by atoms with Crippen LogP contribution in [-0.2, 0) is 12.8 Å². The number of aryl methyl sites for hydroxylation is 1. The van der Waals surface area contributed by atoms with Crippen LogP contribution in [0, 0.1) is 0 Å². The first kappa shape index (κ1) is 16.4. The van der Waals surface area contributed by atoms with Crippen molar-refractivity contribution in [3.05, 3.63) is 29.3 Å². The number of aliphatic hydroxyl groups excluding tert-OH is 1. The number of rotatable bonds is 10. The quantitative estimate of drug-likeness (QED) is 0.635. The summed E-state index contributed by atoms with van der Waals surface area (Å²) in [6, 6.07) is 6.47. The van der Waals surface area contributed by atoms with Gasteiger partial charge < -0.3 is 9.84 Å². The zero-order valence-electron chi connectivity index (χ0n) is 13.4. The monoisotopic (exact) mass is 290 g/mol. The van der Waals surface area contributed by atoms with Crippen LogP contribution >= 0.6 is 0 Å². The molecule has 0 radical (unpaired) electrons. The molecule has 21 heavy (non-hydrogen) atoms. The first-order valence-corrected chi connectivity index (χ1v) is 8.72. The van der Waals surface area contributed by atoms with Gasteiger partial charge in [0.25, 0.3) is 0 Å². The van der Waals surface area contributed by atoms with Gasteiger partial charge in [-0.2, -0.15) is 0 Å². The van der Waals surface area contributed by atoms with E-state index >= 15 is 0 Å². The number of ether oxygens (including phenoxy) is 1. The molecule has 1 heterocycles. The maximum Gasteiger partial charge on any atom is 0.122 e. The third kappa shape index (κ3) is 5.70. The van der Waals surface area contributed by atoms with Crippen LogP contribution < -0.4 is 4.74 Å². The molecule has 0 spiro atoms. The lowest BCUT2D eigenvalue weighted by molar-refractivity contribution is 0.151. The molecule has 118 valence electrons. The van der Waals surface area contributed by atoms with Crippen LogP contribution in [0.5, 0.6) is 5.75 Å². The Labute approximate surface area is 129 Å². The van der Waals surface area contributed by atoms with Crippen molar-refractivity contribution in [2.45, 2.75) is 77.2 Å². The molecule has 1 unspecified atom stereocenters. The summed E-state index contributed by atoms with van der Waals surface area (Å²) in [5, 5.41) is 10.1. The molecule has 1 aromatic carbocycles. The fraction of sp³-hybridized carbons (Fsp3) is 0.684. The van der Waals surface area contributed by atoms with E-state index in [-0.39, 0.29) is 6.10 Å². The van der Waals surface area contributed by atoms with Crippen molar-refractivity contribution in [2.75, 3.05) is 6.61 Å². The van der Waals surface area contributed by atoms with Crippen molar-refractivity contribution < 1.29 is 9.84 Å². The van der Waals surface area contributed by atoms with Gasteiger partial charge in [0.1, 0.15) is 5.75 Å². The molecule has 2 rings (SSSR count). The van der Waals surface area contributed by atoms with Crippen LogP contribution in [-0.4, -0.2) is 17.8 Å². The van der Waals surface area contributed by atoms with E-state index in [0.29, 0.717) is 0 Å². The molecule has 1 aliphatic heterocycles. The average molecular weight is 290 g/mol. The Morgan fingerprint density at radius 3 is 2.76 bits per heavy atom. The molecule has 1 aromatic rings. The summed E-state index contributed by atoms with van der Waals surface area (Å²) in [5.74, 6) is 1.05. The van der Waals surface area contributed by atoms with Gasteiger partial charge in [0.15, 0.2) is 0 Å². The normalized spacial score (nSPS) is 14.8. The smallest absolute Gasteiger partial charge is 0.122 e. The Balaban J connectivity index is 1.59. The van der Waals surface area contributed by atoms with Crippen molar-refractivity contribution in [1.82, 2.24) is 0 Å². The third-order valence-electron chi connectivity index (χ3n) is 4.41. The summed E-state index contributed by atoms with van der Waals surface area (Å²) in [6.07, 6.45) is 11.5. The van der Waals surface area contributed by atoms with Crippen LogP contribution in [0.2, 0.25) is 0 Å². The van der Waals surface area contributed by atoms with Crippen molar-refractivity contribution in [3.63, 3.8) is 0 Å². The van der Waals surface area contributed by atoms with Gasteiger partial charge in [0.2, 0.25) is 0 Å². The highest BCUT2D eigenvalue weighted by Gasteiger charge is 2.12. The maximum absolute atomic E-state index is 10.1. The molecule has 0 fully saturated rings. The standard InChI is InChI=1S/C19H30O2/c1-2-3-4-5-6-7-8-18(20)11-9-16-10-12-19-17(15-16)13-14-21-19/h10,12,15,18,20H,2-9,11,13-14H2,1H3. The first-order valence-electron chi connectivity index (χ1n) is 8.72. The molecule has 0 aliphatic carbocycles. The minimum absolute atomic E-state index is 0.138. The van der Waals surface area contributed by atoms with Crippen molar-refractivity contribution in [1.29, 1.82) is 0 Å². The van der Waals surface area contributed by atoms with Gasteiger partial charge in [0, 0.05) is 6.42 Å². The van der Waals surface area contributed by atoms with Gasteiger partial charge in [-0.05, 0) is 36.5 Å². The Hall–Kier alpha value is -1.02. The number of benzene rings is 1. The predicted octanol–water partition coefficient (Wildman–Crippen LogP) is 4.67. The lowest BCUT2D eigenvalue weighted by Gasteiger charge is -2.11. The van der Waals surface area contributed by atoms with Crippen LogP contribution in [0.1, 0.15) is 69.4 Å². The van der Waals surface area contributed by atoms with Crippen LogP contribution in [0.3, 0.4) is 0 Å². The lowest BCUT2D eigenvalue weighted by Crippen LogP contribution is -2.07. The third-order valence-corrected chi connectivity index (χ3v) is 4.41. The van der Waals surface area contributed by atoms with Gasteiger partial charge in [-0.25, -0.2) is 0 Å². The van der Waals surface area contributed by atoms with Crippen LogP contribution in [0.25, 0.3) is 0 Å². The second-order valence-corrected chi connectivity index (χ2v) is 6.29. The zero-order chi connectivity index (χ0) is 14.9. The molecule has 2 heteroatoms. The summed E-state index contributed by atoms with van der Waals surface area (Å²) < 4.78 is 5.52. The fourth-order valence-corrected chi connectivity index (χ4v) is 3.03. The van der Waals surface area contributed by atoms with E-state index in [0.717, 1.165) is 38.0 Å². The lowest BCUT2D eigenvalue weighted by atomic mass is 10.00. The molecule has 0 saturated carbocycles. The van der Waals surface area contributed by atoms with E-state index in [1.54, 1.807) is 0 Å². The van der Waals surface area contributed by atoms with Gasteiger partial charge >= 0.3 is 0 Å². The summed E-state index contributed by atoms with van der Waals surface area (Å²) in [5.41, 5.74) is 2.67. The van der Waals surface area contributed by atoms with E-state index < -0.39 is 0 Å². The van der Waals surface area contributed by atoms with Gasteiger partial charge in [-0.3, -0.25) is 0 Å². The maximum atomic E-state index is 10.1. The molecule has 1 N–H and O–H groups in total. The minimum Gasteiger partial charge on any atom is -0.493 e. The number of hydrogen-bond donors (Lipinski definition) is 1. The molecule has 1 atom stereocenters. The fourth-order valence-electron chi connectivity index (χ4n) is 3.03. The Morgan fingerprint density at radius 2 is 1.90 bits per heavy atom. The highest BCUT2D eigenvalue weighted by Crippen LogP contribution is 2.26. The van der Waals surface area contributed by atoms with E-state index in [2.05, 4.69) is 25.1 Å². The number of unbranched alkanes of at least 4 members (excludes halogenated alkanes) is 5. The number of hydrogen-bond acceptors (Lipinski definition) is 2. The van der Waals surface area contributed by atoms with Crippen molar-refractivity contribution >= 4 is 0 Å².